The molecule has 25 heavy (non-hydrogen) atoms. The molecular formula is C16H19Cl2N3O3S. The van der Waals surface area contributed by atoms with Gasteiger partial charge in [-0.15, -0.1) is 36.2 Å². The second-order valence-electron chi connectivity index (χ2n) is 5.50. The molecule has 1 aromatic heterocycles. The van der Waals surface area contributed by atoms with Crippen molar-refractivity contribution < 1.29 is 14.3 Å². The molecule has 0 radical (unpaired) electrons. The van der Waals surface area contributed by atoms with Gasteiger partial charge >= 0.3 is 0 Å². The molecule has 0 bridgehead atoms. The lowest BCUT2D eigenvalue weighted by Gasteiger charge is -2.18. The summed E-state index contributed by atoms with van der Waals surface area (Å²) in [7, 11) is 0. The fourth-order valence-corrected chi connectivity index (χ4v) is 3.54. The van der Waals surface area contributed by atoms with Gasteiger partial charge in [0.2, 0.25) is 6.79 Å². The summed E-state index contributed by atoms with van der Waals surface area (Å²) in [5.74, 6) is 1.49. The highest BCUT2D eigenvalue weighted by Crippen LogP contribution is 2.36. The second-order valence-corrected chi connectivity index (χ2v) is 6.36. The van der Waals surface area contributed by atoms with E-state index in [0.29, 0.717) is 5.69 Å². The van der Waals surface area contributed by atoms with Crippen molar-refractivity contribution in [3.63, 3.8) is 0 Å². The molecule has 0 spiro atoms. The molecule has 1 amide bonds. The number of ether oxygens (including phenoxy) is 2. The minimum Gasteiger partial charge on any atom is -0.454 e. The van der Waals surface area contributed by atoms with Gasteiger partial charge in [-0.1, -0.05) is 0 Å². The molecule has 0 atom stereocenters. The first-order valence-electron chi connectivity index (χ1n) is 7.67. The SMILES string of the molecule is Cl.Cl.O=C(c1csc(-c2ccc3c(c2)OCO3)n1)N1CCCNCC1. The molecule has 4 rings (SSSR count). The Morgan fingerprint density at radius 2 is 2.00 bits per heavy atom. The van der Waals surface area contributed by atoms with Crippen LogP contribution < -0.4 is 14.8 Å². The van der Waals surface area contributed by atoms with Crippen molar-refractivity contribution in [3.05, 3.63) is 29.3 Å². The predicted molar refractivity (Wildman–Crippen MR) is 102 cm³/mol. The minimum atomic E-state index is 0. The zero-order valence-electron chi connectivity index (χ0n) is 13.4. The zero-order chi connectivity index (χ0) is 15.6. The molecule has 1 fully saturated rings. The number of amides is 1. The molecule has 1 aromatic carbocycles. The number of thiazole rings is 1. The third kappa shape index (κ3) is 4.17. The van der Waals surface area contributed by atoms with E-state index in [1.807, 2.05) is 28.5 Å². The lowest BCUT2D eigenvalue weighted by molar-refractivity contribution is 0.0761. The first-order valence-corrected chi connectivity index (χ1v) is 8.55. The number of carbonyl (C=O) groups excluding carboxylic acids is 1. The Morgan fingerprint density at radius 3 is 2.88 bits per heavy atom. The van der Waals surface area contributed by atoms with Crippen LogP contribution in [0.3, 0.4) is 0 Å². The number of hydrogen-bond acceptors (Lipinski definition) is 6. The van der Waals surface area contributed by atoms with Gasteiger partial charge in [-0.2, -0.15) is 0 Å². The van der Waals surface area contributed by atoms with Gasteiger partial charge in [0.1, 0.15) is 10.7 Å². The van der Waals surface area contributed by atoms with E-state index in [1.165, 1.54) is 11.3 Å². The van der Waals surface area contributed by atoms with Crippen molar-refractivity contribution in [2.75, 3.05) is 33.0 Å². The number of fused-ring (bicyclic) bond motifs is 1. The number of rotatable bonds is 2. The van der Waals surface area contributed by atoms with Crippen LogP contribution in [0.2, 0.25) is 0 Å². The zero-order valence-corrected chi connectivity index (χ0v) is 15.8. The highest BCUT2D eigenvalue weighted by molar-refractivity contribution is 7.13. The van der Waals surface area contributed by atoms with Crippen molar-refractivity contribution in [1.29, 1.82) is 0 Å². The van der Waals surface area contributed by atoms with E-state index in [0.717, 1.165) is 54.7 Å². The highest BCUT2D eigenvalue weighted by Gasteiger charge is 2.21. The molecule has 1 N–H and O–H groups in total. The standard InChI is InChI=1S/C16H17N3O3S.2ClH/c20-16(19-6-1-4-17-5-7-19)12-9-23-15(18-12)11-2-3-13-14(8-11)22-10-21-13;;/h2-3,8-9,17H,1,4-7,10H2;2*1H. The van der Waals surface area contributed by atoms with E-state index in [-0.39, 0.29) is 37.5 Å². The molecule has 1 saturated heterocycles. The van der Waals surface area contributed by atoms with Gasteiger partial charge in [-0.05, 0) is 31.2 Å². The smallest absolute Gasteiger partial charge is 0.273 e. The first kappa shape index (κ1) is 19.8. The quantitative estimate of drug-likeness (QED) is 0.834. The Balaban J connectivity index is 0.00000113. The van der Waals surface area contributed by atoms with E-state index in [2.05, 4.69) is 10.3 Å². The molecule has 9 heteroatoms. The lowest BCUT2D eigenvalue weighted by Crippen LogP contribution is -2.34. The molecule has 2 aromatic rings. The molecule has 6 nitrogen and oxygen atoms in total. The topological polar surface area (TPSA) is 63.7 Å². The number of carbonyl (C=O) groups is 1. The number of nitrogens with zero attached hydrogens (tertiary/aromatic N) is 2. The fraction of sp³-hybridized carbons (Fsp3) is 0.375. The molecule has 0 aliphatic carbocycles. The van der Waals surface area contributed by atoms with Gasteiger partial charge in [-0.3, -0.25) is 4.79 Å². The van der Waals surface area contributed by atoms with E-state index in [9.17, 15) is 4.79 Å². The van der Waals surface area contributed by atoms with Crippen LogP contribution in [0.4, 0.5) is 0 Å². The van der Waals surface area contributed by atoms with E-state index >= 15 is 0 Å². The minimum absolute atomic E-state index is 0. The van der Waals surface area contributed by atoms with E-state index in [4.69, 9.17) is 9.47 Å². The first-order chi connectivity index (χ1) is 11.3. The largest absolute Gasteiger partial charge is 0.454 e. The van der Waals surface area contributed by atoms with Crippen LogP contribution in [0.15, 0.2) is 23.6 Å². The summed E-state index contributed by atoms with van der Waals surface area (Å²) in [4.78, 5) is 19.0. The molecule has 136 valence electrons. The summed E-state index contributed by atoms with van der Waals surface area (Å²) in [5.41, 5.74) is 1.46. The fourth-order valence-electron chi connectivity index (χ4n) is 2.74. The van der Waals surface area contributed by atoms with Crippen LogP contribution in [0.25, 0.3) is 10.6 Å². The van der Waals surface area contributed by atoms with Crippen LogP contribution in [0, 0.1) is 0 Å². The third-order valence-electron chi connectivity index (χ3n) is 3.97. The van der Waals surface area contributed by atoms with Gasteiger partial charge in [0.25, 0.3) is 5.91 Å². The summed E-state index contributed by atoms with van der Waals surface area (Å²) in [6, 6.07) is 5.72. The number of nitrogens with one attached hydrogen (secondary N) is 1. The molecule has 0 saturated carbocycles. The average Bonchev–Trinajstić information content (AvgIpc) is 3.16. The number of benzene rings is 1. The third-order valence-corrected chi connectivity index (χ3v) is 4.86. The molecule has 0 unspecified atom stereocenters. The highest BCUT2D eigenvalue weighted by atomic mass is 35.5. The predicted octanol–water partition coefficient (Wildman–Crippen LogP) is 2.82. The maximum Gasteiger partial charge on any atom is 0.273 e. The van der Waals surface area contributed by atoms with Crippen molar-refractivity contribution >= 4 is 42.1 Å². The normalized spacial score (nSPS) is 15.8. The van der Waals surface area contributed by atoms with Crippen LogP contribution in [0.5, 0.6) is 11.5 Å². The van der Waals surface area contributed by atoms with Crippen LogP contribution in [-0.4, -0.2) is 48.8 Å². The van der Waals surface area contributed by atoms with Crippen LogP contribution >= 0.6 is 36.2 Å². The van der Waals surface area contributed by atoms with Crippen molar-refractivity contribution in [1.82, 2.24) is 15.2 Å². The summed E-state index contributed by atoms with van der Waals surface area (Å²) >= 11 is 1.48. The maximum absolute atomic E-state index is 12.6. The Kier molecular flexibility index (Phi) is 6.89. The Hall–Kier alpha value is -1.54. The van der Waals surface area contributed by atoms with Gasteiger partial charge in [0, 0.05) is 30.6 Å². The molecule has 2 aliphatic rings. The van der Waals surface area contributed by atoms with Gasteiger partial charge in [-0.25, -0.2) is 4.98 Å². The van der Waals surface area contributed by atoms with Gasteiger partial charge in [0.05, 0.1) is 0 Å². The molecular weight excluding hydrogens is 385 g/mol. The van der Waals surface area contributed by atoms with Crippen molar-refractivity contribution in [2.24, 2.45) is 0 Å². The molecule has 2 aliphatic heterocycles. The lowest BCUT2D eigenvalue weighted by atomic mass is 10.2. The summed E-state index contributed by atoms with van der Waals surface area (Å²) < 4.78 is 10.7. The summed E-state index contributed by atoms with van der Waals surface area (Å²) in [6.45, 7) is 3.57. The monoisotopic (exact) mass is 403 g/mol. The maximum atomic E-state index is 12.6. The van der Waals surface area contributed by atoms with Crippen LogP contribution in [0.1, 0.15) is 16.9 Å². The van der Waals surface area contributed by atoms with Crippen LogP contribution in [-0.2, 0) is 0 Å². The number of hydrogen-bond donors (Lipinski definition) is 1. The van der Waals surface area contributed by atoms with Gasteiger partial charge in [0.15, 0.2) is 11.5 Å². The Morgan fingerprint density at radius 1 is 1.16 bits per heavy atom. The van der Waals surface area contributed by atoms with Crippen molar-refractivity contribution in [3.8, 4) is 22.1 Å². The second kappa shape index (κ2) is 8.71. The summed E-state index contributed by atoms with van der Waals surface area (Å²) in [6.07, 6.45) is 0.977. The number of aromatic nitrogens is 1. The Labute approximate surface area is 162 Å². The average molecular weight is 404 g/mol. The van der Waals surface area contributed by atoms with E-state index < -0.39 is 0 Å². The Bertz CT molecular complexity index is 733. The molecule has 3 heterocycles. The van der Waals surface area contributed by atoms with Gasteiger partial charge < -0.3 is 19.7 Å². The van der Waals surface area contributed by atoms with Crippen molar-refractivity contribution in [2.45, 2.75) is 6.42 Å². The summed E-state index contributed by atoms with van der Waals surface area (Å²) in [5, 5.41) is 5.95. The van der Waals surface area contributed by atoms with E-state index in [1.54, 1.807) is 0 Å². The number of halogens is 2.